The summed E-state index contributed by atoms with van der Waals surface area (Å²) in [6, 6.07) is -1.14. The highest BCUT2D eigenvalue weighted by Gasteiger charge is 2.54. The van der Waals surface area contributed by atoms with Crippen LogP contribution in [0.3, 0.4) is 0 Å². The lowest BCUT2D eigenvalue weighted by Crippen LogP contribution is -2.71. The maximum Gasteiger partial charge on any atom is 0.425 e. The molecular formula is C22H23ClF3N5O6S2. The number of hydrogen-bond donors (Lipinski definition) is 2. The average Bonchev–Trinajstić information content (AvgIpc) is 3.29. The fourth-order valence-electron chi connectivity index (χ4n) is 3.36. The molecule has 1 saturated heterocycles. The molecular weight excluding hydrogens is 587 g/mol. The van der Waals surface area contributed by atoms with Crippen LogP contribution in [0.1, 0.15) is 26.5 Å². The number of hydrogen-bond acceptors (Lipinski definition) is 10. The Kier molecular flexibility index (Phi) is 9.66. The van der Waals surface area contributed by atoms with Gasteiger partial charge in [0, 0.05) is 17.0 Å². The molecule has 0 bridgehead atoms. The summed E-state index contributed by atoms with van der Waals surface area (Å²) < 4.78 is 43.2. The van der Waals surface area contributed by atoms with E-state index < -0.39 is 53.3 Å². The number of carbonyl (C=O) groups is 4. The average molecular weight is 610 g/mol. The van der Waals surface area contributed by atoms with Gasteiger partial charge in [0.1, 0.15) is 28.4 Å². The summed E-state index contributed by atoms with van der Waals surface area (Å²) >= 11 is 7.87. The smallest absolute Gasteiger partial charge is 0.425 e. The monoisotopic (exact) mass is 609 g/mol. The SMILES string of the molecule is CC(C)(C)OC(=O)C1=C(/C=C\CCl)CS[C@H]2[C@H](NC(=O)C(=NOCC(F)(F)F)c3csc(NC=O)n3)C(=O)N12. The van der Waals surface area contributed by atoms with E-state index in [1.165, 1.54) is 22.0 Å². The third-order valence-electron chi connectivity index (χ3n) is 4.81. The van der Waals surface area contributed by atoms with Crippen LogP contribution in [0.15, 0.2) is 34.0 Å². The second-order valence-electron chi connectivity index (χ2n) is 8.92. The third kappa shape index (κ3) is 7.73. The number of allylic oxidation sites excluding steroid dienone is 2. The molecule has 1 aromatic rings. The van der Waals surface area contributed by atoms with Gasteiger partial charge in [-0.3, -0.25) is 19.3 Å². The lowest BCUT2D eigenvalue weighted by Gasteiger charge is -2.49. The zero-order valence-corrected chi connectivity index (χ0v) is 23.1. The first kappa shape index (κ1) is 30.4. The summed E-state index contributed by atoms with van der Waals surface area (Å²) in [5.74, 6) is -1.97. The van der Waals surface area contributed by atoms with Crippen molar-refractivity contribution in [2.75, 3.05) is 23.6 Å². The predicted molar refractivity (Wildman–Crippen MR) is 138 cm³/mol. The van der Waals surface area contributed by atoms with Gasteiger partial charge in [-0.2, -0.15) is 13.2 Å². The van der Waals surface area contributed by atoms with E-state index in [4.69, 9.17) is 16.3 Å². The van der Waals surface area contributed by atoms with Crippen LogP contribution in [0.4, 0.5) is 18.3 Å². The van der Waals surface area contributed by atoms with Crippen LogP contribution >= 0.6 is 34.7 Å². The highest BCUT2D eigenvalue weighted by molar-refractivity contribution is 8.00. The number of ether oxygens (including phenoxy) is 1. The number of rotatable bonds is 10. The van der Waals surface area contributed by atoms with E-state index >= 15 is 0 Å². The van der Waals surface area contributed by atoms with Crippen molar-refractivity contribution < 1.29 is 41.9 Å². The number of aromatic nitrogens is 1. The number of fused-ring (bicyclic) bond motifs is 1. The van der Waals surface area contributed by atoms with Crippen LogP contribution in [0.25, 0.3) is 0 Å². The Morgan fingerprint density at radius 1 is 1.33 bits per heavy atom. The van der Waals surface area contributed by atoms with Crippen LogP contribution in [-0.4, -0.2) is 81.2 Å². The molecule has 0 aromatic carbocycles. The van der Waals surface area contributed by atoms with Crippen molar-refractivity contribution in [2.24, 2.45) is 5.16 Å². The van der Waals surface area contributed by atoms with Gasteiger partial charge in [0.25, 0.3) is 11.8 Å². The minimum atomic E-state index is -4.72. The number of anilines is 1. The lowest BCUT2D eigenvalue weighted by molar-refractivity contribution is -0.174. The van der Waals surface area contributed by atoms with Crippen molar-refractivity contribution in [2.45, 2.75) is 44.0 Å². The molecule has 3 heterocycles. The molecule has 3 rings (SSSR count). The Balaban J connectivity index is 1.85. The standard InChI is InChI=1S/C22H23ClF3N5O6S2/c1-21(2,3)37-19(35)15-11(5-4-6-23)7-38-18-14(17(34)31(15)18)29-16(33)13(30-36-9-22(24,25)26)12-8-39-20(28-12)27-10-32/h4-5,8,10,14,18H,6-7,9H2,1-3H3,(H,29,33)(H,27,28,32)/b5-4-,30-13?/t14-,18+/m1/s1. The molecule has 2 atom stereocenters. The number of esters is 1. The minimum Gasteiger partial charge on any atom is -0.455 e. The predicted octanol–water partition coefficient (Wildman–Crippen LogP) is 2.79. The molecule has 0 unspecified atom stereocenters. The first-order valence-electron chi connectivity index (χ1n) is 11.1. The second kappa shape index (κ2) is 12.4. The quantitative estimate of drug-likeness (QED) is 0.103. The van der Waals surface area contributed by atoms with Crippen molar-refractivity contribution >= 4 is 69.7 Å². The van der Waals surface area contributed by atoms with Crippen LogP contribution in [0, 0.1) is 0 Å². The number of thioether (sulfide) groups is 1. The Morgan fingerprint density at radius 2 is 2.05 bits per heavy atom. The van der Waals surface area contributed by atoms with E-state index in [0.717, 1.165) is 11.3 Å². The van der Waals surface area contributed by atoms with Crippen molar-refractivity contribution in [3.05, 3.63) is 34.5 Å². The van der Waals surface area contributed by atoms with E-state index in [1.54, 1.807) is 32.9 Å². The minimum absolute atomic E-state index is 0.0111. The van der Waals surface area contributed by atoms with Crippen LogP contribution in [0.2, 0.25) is 0 Å². The van der Waals surface area contributed by atoms with E-state index in [2.05, 4.69) is 25.6 Å². The molecule has 0 aliphatic carbocycles. The Morgan fingerprint density at radius 3 is 2.67 bits per heavy atom. The summed E-state index contributed by atoms with van der Waals surface area (Å²) in [6.07, 6.45) is -1.17. The number of β-lactam (4-membered cyclic amide) rings is 1. The van der Waals surface area contributed by atoms with Crippen molar-refractivity contribution in [1.82, 2.24) is 15.2 Å². The van der Waals surface area contributed by atoms with Crippen molar-refractivity contribution in [3.8, 4) is 0 Å². The first-order chi connectivity index (χ1) is 18.3. The van der Waals surface area contributed by atoms with Gasteiger partial charge < -0.3 is 20.2 Å². The van der Waals surface area contributed by atoms with Gasteiger partial charge in [0.15, 0.2) is 10.8 Å². The van der Waals surface area contributed by atoms with Crippen molar-refractivity contribution in [3.63, 3.8) is 0 Å². The molecule has 11 nitrogen and oxygen atoms in total. The Hall–Kier alpha value is -3.11. The molecule has 0 radical (unpaired) electrons. The molecule has 17 heteroatoms. The van der Waals surface area contributed by atoms with E-state index in [1.807, 2.05) is 0 Å². The van der Waals surface area contributed by atoms with Gasteiger partial charge in [-0.05, 0) is 26.3 Å². The Bertz CT molecular complexity index is 1230. The lowest BCUT2D eigenvalue weighted by atomic mass is 10.0. The summed E-state index contributed by atoms with van der Waals surface area (Å²) in [4.78, 5) is 59.3. The molecule has 0 saturated carbocycles. The fourth-order valence-corrected chi connectivity index (χ4v) is 5.42. The normalized spacial score (nSPS) is 19.9. The number of carbonyl (C=O) groups excluding carboxylic acids is 4. The van der Waals surface area contributed by atoms with E-state index in [-0.39, 0.29) is 28.2 Å². The molecule has 2 aliphatic heterocycles. The fraction of sp³-hybridized carbons (Fsp3) is 0.455. The molecule has 3 amide bonds. The third-order valence-corrected chi connectivity index (χ3v) is 7.07. The van der Waals surface area contributed by atoms with Gasteiger partial charge in [-0.15, -0.1) is 34.7 Å². The number of amides is 3. The van der Waals surface area contributed by atoms with Crippen LogP contribution in [0.5, 0.6) is 0 Å². The van der Waals surface area contributed by atoms with Gasteiger partial charge in [-0.25, -0.2) is 9.78 Å². The molecule has 0 spiro atoms. The van der Waals surface area contributed by atoms with E-state index in [0.29, 0.717) is 12.0 Å². The number of nitrogens with one attached hydrogen (secondary N) is 2. The zero-order valence-electron chi connectivity index (χ0n) is 20.7. The zero-order chi connectivity index (χ0) is 29.0. The maximum absolute atomic E-state index is 13.1. The van der Waals surface area contributed by atoms with Crippen LogP contribution in [-0.2, 0) is 28.8 Å². The topological polar surface area (TPSA) is 139 Å². The van der Waals surface area contributed by atoms with Crippen LogP contribution < -0.4 is 10.6 Å². The molecule has 1 aromatic heterocycles. The summed E-state index contributed by atoms with van der Waals surface area (Å²) in [7, 11) is 0. The number of nitrogens with zero attached hydrogens (tertiary/aromatic N) is 3. The summed E-state index contributed by atoms with van der Waals surface area (Å²) in [6.45, 7) is 3.24. The number of thiazole rings is 1. The van der Waals surface area contributed by atoms with Gasteiger partial charge in [-0.1, -0.05) is 17.3 Å². The van der Waals surface area contributed by atoms with Gasteiger partial charge in [0.2, 0.25) is 13.0 Å². The molecule has 39 heavy (non-hydrogen) atoms. The molecule has 2 N–H and O–H groups in total. The molecule has 2 aliphatic rings. The molecule has 212 valence electrons. The highest BCUT2D eigenvalue weighted by Crippen LogP contribution is 2.41. The first-order valence-corrected chi connectivity index (χ1v) is 13.6. The maximum atomic E-state index is 13.1. The van der Waals surface area contributed by atoms with Gasteiger partial charge >= 0.3 is 12.1 Å². The number of halogens is 4. The summed E-state index contributed by atoms with van der Waals surface area (Å²) in [5.41, 5.74) is -1.16. The molecule has 1 fully saturated rings. The Labute approximate surface area is 233 Å². The number of oxime groups is 1. The van der Waals surface area contributed by atoms with Crippen molar-refractivity contribution in [1.29, 1.82) is 0 Å². The largest absolute Gasteiger partial charge is 0.455 e. The highest BCUT2D eigenvalue weighted by atomic mass is 35.5. The van der Waals surface area contributed by atoms with Gasteiger partial charge in [0.05, 0.1) is 0 Å². The second-order valence-corrected chi connectivity index (χ2v) is 11.2. The summed E-state index contributed by atoms with van der Waals surface area (Å²) in [5, 5.41) is 8.59. The van der Waals surface area contributed by atoms with E-state index in [9.17, 15) is 32.3 Å². The number of alkyl halides is 4.